The molecule has 0 radical (unpaired) electrons. The number of hydrogen-bond acceptors (Lipinski definition) is 4. The first kappa shape index (κ1) is 16.2. The van der Waals surface area contributed by atoms with E-state index in [1.807, 2.05) is 36.4 Å². The van der Waals surface area contributed by atoms with Gasteiger partial charge in [-0.15, -0.1) is 0 Å². The molecule has 2 N–H and O–H groups in total. The second-order valence-electron chi connectivity index (χ2n) is 3.01. The van der Waals surface area contributed by atoms with Gasteiger partial charge >= 0.3 is 11.9 Å². The lowest BCUT2D eigenvalue weighted by Crippen LogP contribution is -2.03. The van der Waals surface area contributed by atoms with Crippen molar-refractivity contribution in [3.05, 3.63) is 61.2 Å². The van der Waals surface area contributed by atoms with E-state index >= 15 is 0 Å². The zero-order chi connectivity index (χ0) is 14.3. The molecule has 0 amide bonds. The van der Waals surface area contributed by atoms with Crippen molar-refractivity contribution >= 4 is 11.9 Å². The molecular formula is C13H14N2O4. The van der Waals surface area contributed by atoms with E-state index in [0.29, 0.717) is 0 Å². The monoisotopic (exact) mass is 262 g/mol. The molecular weight excluding hydrogens is 248 g/mol. The van der Waals surface area contributed by atoms with E-state index in [1.165, 1.54) is 0 Å². The van der Waals surface area contributed by atoms with Gasteiger partial charge in [0, 0.05) is 24.8 Å². The molecule has 0 aromatic carbocycles. The zero-order valence-corrected chi connectivity index (χ0v) is 10.1. The largest absolute Gasteiger partial charge is 0.481 e. The molecule has 6 nitrogen and oxygen atoms in total. The predicted octanol–water partition coefficient (Wildman–Crippen LogP) is 1.71. The number of nitrogens with zero attached hydrogens (tertiary/aromatic N) is 2. The van der Waals surface area contributed by atoms with Crippen LogP contribution >= 0.6 is 0 Å². The molecule has 0 aliphatic heterocycles. The Kier molecular flexibility index (Phi) is 10.0. The van der Waals surface area contributed by atoms with Gasteiger partial charge in [-0.1, -0.05) is 12.1 Å². The number of carboxylic acid groups (broad SMARTS) is 2. The normalized spacial score (nSPS) is 8.00. The third-order valence-electron chi connectivity index (χ3n) is 1.44. The highest BCUT2D eigenvalue weighted by atomic mass is 16.4. The average Bonchev–Trinajstić information content (AvgIpc) is 2.42. The first-order chi connectivity index (χ1) is 9.13. The average molecular weight is 262 g/mol. The summed E-state index contributed by atoms with van der Waals surface area (Å²) in [6, 6.07) is 11.4. The number of aromatic nitrogens is 2. The lowest BCUT2D eigenvalue weighted by molar-refractivity contribution is -0.147. The summed E-state index contributed by atoms with van der Waals surface area (Å²) in [4.78, 5) is 26.4. The number of hydrogen-bond donors (Lipinski definition) is 2. The molecule has 0 spiro atoms. The third kappa shape index (κ3) is 15.2. The van der Waals surface area contributed by atoms with Crippen LogP contribution in [0.5, 0.6) is 0 Å². The molecule has 0 saturated heterocycles. The highest BCUT2D eigenvalue weighted by Crippen LogP contribution is 1.75. The number of pyridine rings is 2. The molecule has 0 bridgehead atoms. The van der Waals surface area contributed by atoms with Crippen LogP contribution in [0.1, 0.15) is 6.42 Å². The minimum atomic E-state index is -1.31. The molecule has 2 aromatic rings. The van der Waals surface area contributed by atoms with Gasteiger partial charge in [0.2, 0.25) is 0 Å². The number of carbonyl (C=O) groups is 2. The fourth-order valence-electron chi connectivity index (χ4n) is 0.755. The van der Waals surface area contributed by atoms with E-state index in [2.05, 4.69) is 9.97 Å². The van der Waals surface area contributed by atoms with Crippen LogP contribution in [0.25, 0.3) is 0 Å². The highest BCUT2D eigenvalue weighted by Gasteiger charge is 2.01. The van der Waals surface area contributed by atoms with Crippen molar-refractivity contribution in [3.8, 4) is 0 Å². The molecule has 2 aromatic heterocycles. The lowest BCUT2D eigenvalue weighted by Gasteiger charge is -1.80. The summed E-state index contributed by atoms with van der Waals surface area (Å²) in [7, 11) is 0. The van der Waals surface area contributed by atoms with Crippen LogP contribution in [-0.4, -0.2) is 32.1 Å². The quantitative estimate of drug-likeness (QED) is 0.799. The van der Waals surface area contributed by atoms with Gasteiger partial charge in [-0.25, -0.2) is 0 Å². The van der Waals surface area contributed by atoms with E-state index in [9.17, 15) is 9.59 Å². The molecule has 2 heterocycles. The van der Waals surface area contributed by atoms with Crippen molar-refractivity contribution < 1.29 is 19.8 Å². The fourth-order valence-corrected chi connectivity index (χ4v) is 0.755. The molecule has 0 atom stereocenters. The Morgan fingerprint density at radius 1 is 0.684 bits per heavy atom. The van der Waals surface area contributed by atoms with E-state index in [4.69, 9.17) is 10.2 Å². The maximum Gasteiger partial charge on any atom is 0.314 e. The van der Waals surface area contributed by atoms with Gasteiger partial charge in [0.05, 0.1) is 0 Å². The highest BCUT2D eigenvalue weighted by molar-refractivity contribution is 5.88. The van der Waals surface area contributed by atoms with Crippen LogP contribution in [0, 0.1) is 0 Å². The summed E-state index contributed by atoms with van der Waals surface area (Å²) >= 11 is 0. The topological polar surface area (TPSA) is 100 Å². The van der Waals surface area contributed by atoms with Crippen molar-refractivity contribution in [1.29, 1.82) is 0 Å². The second kappa shape index (κ2) is 11.7. The lowest BCUT2D eigenvalue weighted by atomic mass is 10.5. The van der Waals surface area contributed by atoms with Crippen molar-refractivity contribution in [2.75, 3.05) is 0 Å². The Bertz CT molecular complexity index is 352. The number of aliphatic carboxylic acids is 2. The van der Waals surface area contributed by atoms with Crippen LogP contribution in [0.4, 0.5) is 0 Å². The SMILES string of the molecule is O=C(O)CC(=O)O.c1ccncc1.c1ccncc1. The first-order valence-corrected chi connectivity index (χ1v) is 5.26. The van der Waals surface area contributed by atoms with Gasteiger partial charge in [-0.3, -0.25) is 19.6 Å². The van der Waals surface area contributed by atoms with E-state index < -0.39 is 18.4 Å². The van der Waals surface area contributed by atoms with Gasteiger partial charge < -0.3 is 10.2 Å². The summed E-state index contributed by atoms with van der Waals surface area (Å²) in [5.74, 6) is -2.62. The summed E-state index contributed by atoms with van der Waals surface area (Å²) in [6.45, 7) is 0. The van der Waals surface area contributed by atoms with Crippen LogP contribution < -0.4 is 0 Å². The summed E-state index contributed by atoms with van der Waals surface area (Å²) < 4.78 is 0. The van der Waals surface area contributed by atoms with Crippen LogP contribution in [0.3, 0.4) is 0 Å². The number of rotatable bonds is 2. The number of carboxylic acids is 2. The summed E-state index contributed by atoms with van der Waals surface area (Å²) in [5.41, 5.74) is 0. The van der Waals surface area contributed by atoms with Gasteiger partial charge in [-0.05, 0) is 24.3 Å². The molecule has 0 saturated carbocycles. The van der Waals surface area contributed by atoms with Gasteiger partial charge in [0.25, 0.3) is 0 Å². The maximum atomic E-state index is 9.43. The Hall–Kier alpha value is -2.76. The molecule has 2 rings (SSSR count). The molecule has 0 fully saturated rings. The van der Waals surface area contributed by atoms with E-state index in [1.54, 1.807) is 24.8 Å². The predicted molar refractivity (Wildman–Crippen MR) is 68.4 cm³/mol. The first-order valence-electron chi connectivity index (χ1n) is 5.26. The Balaban J connectivity index is 0.000000256. The minimum Gasteiger partial charge on any atom is -0.481 e. The van der Waals surface area contributed by atoms with Gasteiger partial charge in [0.1, 0.15) is 6.42 Å². The van der Waals surface area contributed by atoms with Crippen molar-refractivity contribution in [1.82, 2.24) is 9.97 Å². The van der Waals surface area contributed by atoms with Crippen LogP contribution in [0.2, 0.25) is 0 Å². The molecule has 6 heteroatoms. The maximum absolute atomic E-state index is 9.43. The molecule has 19 heavy (non-hydrogen) atoms. The molecule has 0 aliphatic carbocycles. The van der Waals surface area contributed by atoms with Gasteiger partial charge in [0.15, 0.2) is 0 Å². The van der Waals surface area contributed by atoms with Crippen molar-refractivity contribution in [2.24, 2.45) is 0 Å². The summed E-state index contributed by atoms with van der Waals surface area (Å²) in [6.07, 6.45) is 6.19. The fraction of sp³-hybridized carbons (Fsp3) is 0.0769. The van der Waals surface area contributed by atoms with E-state index in [-0.39, 0.29) is 0 Å². The smallest absolute Gasteiger partial charge is 0.314 e. The van der Waals surface area contributed by atoms with Crippen LogP contribution in [0.15, 0.2) is 61.2 Å². The Labute approximate surface area is 110 Å². The second-order valence-corrected chi connectivity index (χ2v) is 3.01. The van der Waals surface area contributed by atoms with Crippen molar-refractivity contribution in [2.45, 2.75) is 6.42 Å². The van der Waals surface area contributed by atoms with Crippen LogP contribution in [-0.2, 0) is 9.59 Å². The zero-order valence-electron chi connectivity index (χ0n) is 10.1. The standard InChI is InChI=1S/2C5H5N.C3H4O4/c2*1-2-4-6-5-3-1;4-2(5)1-3(6)7/h2*1-5H;1H2,(H,4,5)(H,6,7). The Morgan fingerprint density at radius 2 is 1.00 bits per heavy atom. The molecule has 100 valence electrons. The molecule has 0 aliphatic rings. The Morgan fingerprint density at radius 3 is 1.05 bits per heavy atom. The minimum absolute atomic E-state index is 0.806. The summed E-state index contributed by atoms with van der Waals surface area (Å²) in [5, 5.41) is 15.4. The van der Waals surface area contributed by atoms with Crippen molar-refractivity contribution in [3.63, 3.8) is 0 Å². The third-order valence-corrected chi connectivity index (χ3v) is 1.44. The van der Waals surface area contributed by atoms with Gasteiger partial charge in [-0.2, -0.15) is 0 Å². The van der Waals surface area contributed by atoms with E-state index in [0.717, 1.165) is 0 Å². The molecule has 0 unspecified atom stereocenters.